The van der Waals surface area contributed by atoms with Crippen molar-refractivity contribution in [2.45, 2.75) is 44.8 Å². The van der Waals surface area contributed by atoms with Gasteiger partial charge < -0.3 is 20.3 Å². The monoisotopic (exact) mass is 433 g/mol. The lowest BCUT2D eigenvalue weighted by atomic mass is 10.1. The summed E-state index contributed by atoms with van der Waals surface area (Å²) in [6, 6.07) is 7.89. The van der Waals surface area contributed by atoms with Crippen molar-refractivity contribution in [1.29, 1.82) is 0 Å². The molecule has 2 aliphatic heterocycles. The van der Waals surface area contributed by atoms with Gasteiger partial charge in [0.25, 0.3) is 0 Å². The van der Waals surface area contributed by atoms with E-state index in [-0.39, 0.29) is 30.4 Å². The van der Waals surface area contributed by atoms with E-state index in [1.165, 1.54) is 25.5 Å². The molecule has 8 heteroatoms. The molecule has 3 aliphatic rings. The second-order valence-electron chi connectivity index (χ2n) is 8.85. The number of aromatic nitrogens is 2. The first-order valence-electron chi connectivity index (χ1n) is 10.6. The van der Waals surface area contributed by atoms with Crippen molar-refractivity contribution in [2.75, 3.05) is 36.0 Å². The summed E-state index contributed by atoms with van der Waals surface area (Å²) in [5.74, 6) is 1.50. The van der Waals surface area contributed by atoms with Crippen molar-refractivity contribution in [3.63, 3.8) is 0 Å². The van der Waals surface area contributed by atoms with Crippen molar-refractivity contribution in [3.8, 4) is 5.75 Å². The van der Waals surface area contributed by atoms with Crippen LogP contribution < -0.4 is 20.3 Å². The standard InChI is InChI=1S/C22H28FN5O.ClH/c1-15(24)16-2-4-17(5-3-16)29-18-6-10-27(13-18)20-19(23)12-25-21(26-20)28-11-9-22(14-28)7-8-22;/h2-5,12,15,18H,6-11,13-14,24H2,1H3;1H/t15-,18+;/m0./s1. The first-order chi connectivity index (χ1) is 14.0. The maximum absolute atomic E-state index is 14.5. The van der Waals surface area contributed by atoms with E-state index < -0.39 is 0 Å². The van der Waals surface area contributed by atoms with Gasteiger partial charge in [0.05, 0.1) is 12.7 Å². The predicted molar refractivity (Wildman–Crippen MR) is 118 cm³/mol. The number of anilines is 2. The van der Waals surface area contributed by atoms with Crippen LogP contribution in [0.4, 0.5) is 16.2 Å². The maximum atomic E-state index is 14.5. The molecule has 0 radical (unpaired) electrons. The van der Waals surface area contributed by atoms with Crippen LogP contribution in [0.5, 0.6) is 5.75 Å². The number of ether oxygens (including phenoxy) is 1. The highest BCUT2D eigenvalue weighted by molar-refractivity contribution is 5.85. The molecule has 1 saturated carbocycles. The summed E-state index contributed by atoms with van der Waals surface area (Å²) >= 11 is 0. The molecule has 0 bridgehead atoms. The van der Waals surface area contributed by atoms with Crippen LogP contribution in [0.15, 0.2) is 30.5 Å². The zero-order valence-electron chi connectivity index (χ0n) is 17.3. The number of hydrogen-bond donors (Lipinski definition) is 1. The largest absolute Gasteiger partial charge is 0.489 e. The lowest BCUT2D eigenvalue weighted by Gasteiger charge is -2.22. The fourth-order valence-corrected chi connectivity index (χ4v) is 4.47. The van der Waals surface area contributed by atoms with Gasteiger partial charge >= 0.3 is 0 Å². The van der Waals surface area contributed by atoms with Gasteiger partial charge in [-0.05, 0) is 49.3 Å². The average molecular weight is 434 g/mol. The Bertz CT molecular complexity index is 890. The van der Waals surface area contributed by atoms with Gasteiger partial charge in [-0.2, -0.15) is 4.98 Å². The summed E-state index contributed by atoms with van der Waals surface area (Å²) in [5, 5.41) is 0. The second kappa shape index (κ2) is 8.19. The molecule has 2 atom stereocenters. The van der Waals surface area contributed by atoms with E-state index in [9.17, 15) is 4.39 Å². The quantitative estimate of drug-likeness (QED) is 0.775. The highest BCUT2D eigenvalue weighted by Crippen LogP contribution is 2.53. The van der Waals surface area contributed by atoms with E-state index in [0.717, 1.165) is 37.4 Å². The van der Waals surface area contributed by atoms with E-state index in [4.69, 9.17) is 10.5 Å². The van der Waals surface area contributed by atoms with Gasteiger partial charge in [-0.3, -0.25) is 0 Å². The molecule has 162 valence electrons. The Morgan fingerprint density at radius 3 is 2.60 bits per heavy atom. The molecule has 2 saturated heterocycles. The highest BCUT2D eigenvalue weighted by atomic mass is 35.5. The molecule has 6 nitrogen and oxygen atoms in total. The number of halogens is 2. The van der Waals surface area contributed by atoms with Crippen LogP contribution in [0, 0.1) is 11.2 Å². The Labute approximate surface area is 183 Å². The summed E-state index contributed by atoms with van der Waals surface area (Å²) < 4.78 is 20.6. The van der Waals surface area contributed by atoms with Gasteiger partial charge in [-0.25, -0.2) is 9.37 Å². The minimum atomic E-state index is -0.365. The fourth-order valence-electron chi connectivity index (χ4n) is 4.47. The fraction of sp³-hybridized carbons (Fsp3) is 0.545. The Kier molecular flexibility index (Phi) is 5.77. The van der Waals surface area contributed by atoms with Gasteiger partial charge in [0.2, 0.25) is 5.95 Å². The first-order valence-corrected chi connectivity index (χ1v) is 10.6. The Morgan fingerprint density at radius 1 is 1.17 bits per heavy atom. The minimum absolute atomic E-state index is 0. The molecule has 1 aromatic carbocycles. The van der Waals surface area contributed by atoms with E-state index in [1.54, 1.807) is 0 Å². The number of hydrogen-bond acceptors (Lipinski definition) is 6. The minimum Gasteiger partial charge on any atom is -0.489 e. The smallest absolute Gasteiger partial charge is 0.227 e. The Balaban J connectivity index is 0.00000218. The van der Waals surface area contributed by atoms with E-state index in [1.807, 2.05) is 36.1 Å². The van der Waals surface area contributed by atoms with Gasteiger partial charge in [-0.15, -0.1) is 12.4 Å². The van der Waals surface area contributed by atoms with Gasteiger partial charge in [-0.1, -0.05) is 12.1 Å². The average Bonchev–Trinajstić information content (AvgIpc) is 3.10. The summed E-state index contributed by atoms with van der Waals surface area (Å²) in [5.41, 5.74) is 7.47. The van der Waals surface area contributed by atoms with Crippen molar-refractivity contribution in [3.05, 3.63) is 41.8 Å². The van der Waals surface area contributed by atoms with Crippen LogP contribution in [0.2, 0.25) is 0 Å². The third-order valence-corrected chi connectivity index (χ3v) is 6.54. The van der Waals surface area contributed by atoms with Crippen LogP contribution in [0.1, 0.15) is 44.2 Å². The zero-order valence-corrected chi connectivity index (χ0v) is 18.1. The molecule has 1 aromatic heterocycles. The third kappa shape index (κ3) is 4.18. The number of benzene rings is 1. The van der Waals surface area contributed by atoms with Crippen molar-refractivity contribution in [1.82, 2.24) is 9.97 Å². The Morgan fingerprint density at radius 2 is 1.93 bits per heavy atom. The van der Waals surface area contributed by atoms with Crippen LogP contribution in [0.3, 0.4) is 0 Å². The lowest BCUT2D eigenvalue weighted by molar-refractivity contribution is 0.225. The lowest BCUT2D eigenvalue weighted by Crippen LogP contribution is -2.28. The summed E-state index contributed by atoms with van der Waals surface area (Å²) in [4.78, 5) is 13.0. The van der Waals surface area contributed by atoms with Crippen molar-refractivity contribution >= 4 is 24.2 Å². The van der Waals surface area contributed by atoms with Gasteiger partial charge in [0.15, 0.2) is 11.6 Å². The molecule has 30 heavy (non-hydrogen) atoms. The van der Waals surface area contributed by atoms with Crippen LogP contribution in [0.25, 0.3) is 0 Å². The van der Waals surface area contributed by atoms with Crippen molar-refractivity contribution in [2.24, 2.45) is 11.1 Å². The summed E-state index contributed by atoms with van der Waals surface area (Å²) in [6.07, 6.45) is 5.96. The van der Waals surface area contributed by atoms with Gasteiger partial charge in [0, 0.05) is 32.1 Å². The molecule has 0 unspecified atom stereocenters. The molecular formula is C22H29ClFN5O. The summed E-state index contributed by atoms with van der Waals surface area (Å²) in [7, 11) is 0. The molecule has 2 aromatic rings. The topological polar surface area (TPSA) is 67.5 Å². The number of nitrogens with zero attached hydrogens (tertiary/aromatic N) is 4. The van der Waals surface area contributed by atoms with E-state index >= 15 is 0 Å². The highest BCUT2D eigenvalue weighted by Gasteiger charge is 2.48. The third-order valence-electron chi connectivity index (χ3n) is 6.54. The molecule has 5 rings (SSSR count). The molecule has 3 heterocycles. The molecule has 1 spiro atoms. The second-order valence-corrected chi connectivity index (χ2v) is 8.85. The maximum Gasteiger partial charge on any atom is 0.227 e. The van der Waals surface area contributed by atoms with Gasteiger partial charge in [0.1, 0.15) is 11.9 Å². The molecule has 0 amide bonds. The van der Waals surface area contributed by atoms with Crippen LogP contribution in [-0.2, 0) is 0 Å². The predicted octanol–water partition coefficient (Wildman–Crippen LogP) is 3.71. The van der Waals surface area contributed by atoms with E-state index in [0.29, 0.717) is 23.7 Å². The van der Waals surface area contributed by atoms with Crippen molar-refractivity contribution < 1.29 is 9.13 Å². The Hall–Kier alpha value is -2.12. The number of nitrogens with two attached hydrogens (primary N) is 1. The molecule has 2 N–H and O–H groups in total. The SMILES string of the molecule is C[C@H](N)c1ccc(O[C@@H]2CCN(c3nc(N4CCC5(CC5)C4)ncc3F)C2)cc1.Cl. The summed E-state index contributed by atoms with van der Waals surface area (Å²) in [6.45, 7) is 5.27. The number of rotatable bonds is 5. The zero-order chi connectivity index (χ0) is 20.0. The molecule has 3 fully saturated rings. The van der Waals surface area contributed by atoms with Crippen LogP contribution in [-0.4, -0.2) is 42.3 Å². The van der Waals surface area contributed by atoms with E-state index in [2.05, 4.69) is 14.9 Å². The molecular weight excluding hydrogens is 405 g/mol. The van der Waals surface area contributed by atoms with Crippen LogP contribution >= 0.6 is 12.4 Å². The molecule has 1 aliphatic carbocycles. The first kappa shape index (κ1) is 21.1. The normalized spacial score (nSPS) is 22.8.